The highest BCUT2D eigenvalue weighted by Crippen LogP contribution is 2.47. The van der Waals surface area contributed by atoms with Crippen LogP contribution in [0.25, 0.3) is 174 Å². The molecule has 0 aliphatic heterocycles. The molecular weight excluding hydrogens is 1550 g/mol. The van der Waals surface area contributed by atoms with Crippen molar-refractivity contribution in [1.29, 1.82) is 0 Å². The predicted molar refractivity (Wildman–Crippen MR) is 520 cm³/mol. The van der Waals surface area contributed by atoms with Crippen molar-refractivity contribution >= 4 is 220 Å². The molecule has 8 aromatic heterocycles. The summed E-state index contributed by atoms with van der Waals surface area (Å²) in [6.45, 7) is 0. The molecule has 0 aliphatic carbocycles. The summed E-state index contributed by atoms with van der Waals surface area (Å²) in [6.07, 6.45) is 0. The van der Waals surface area contributed by atoms with E-state index in [0.717, 1.165) is 117 Å². The highest BCUT2D eigenvalue weighted by molar-refractivity contribution is 7.27. The Labute approximate surface area is 710 Å². The summed E-state index contributed by atoms with van der Waals surface area (Å²) in [6, 6.07) is 160. The second kappa shape index (κ2) is 26.7. The average Bonchev–Trinajstić information content (AvgIpc) is 1.47. The molecule has 26 rings (SSSR count). The van der Waals surface area contributed by atoms with Crippen molar-refractivity contribution in [3.8, 4) is 33.9 Å². The molecule has 8 nitrogen and oxygen atoms in total. The maximum Gasteiger partial charge on any atom is 0.220 e. The highest BCUT2D eigenvalue weighted by Gasteiger charge is 2.45. The monoisotopic (exact) mass is 1620 g/mol. The van der Waals surface area contributed by atoms with Gasteiger partial charge in [0, 0.05) is 63.9 Å². The summed E-state index contributed by atoms with van der Waals surface area (Å²) in [4.78, 5) is 11.8. The van der Waals surface area contributed by atoms with Gasteiger partial charge >= 0.3 is 0 Å². The summed E-state index contributed by atoms with van der Waals surface area (Å²) < 4.78 is 19.6. The van der Waals surface area contributed by atoms with Gasteiger partial charge in [0.15, 0.2) is 16.1 Å². The van der Waals surface area contributed by atoms with Gasteiger partial charge in [-0.05, 0) is 162 Å². The number of benzene rings is 18. The Morgan fingerprint density at radius 3 is 1.04 bits per heavy atom. The normalized spacial score (nSPS) is 12.4. The predicted octanol–water partition coefficient (Wildman–Crippen LogP) is 22.5. The maximum atomic E-state index is 5.96. The Morgan fingerprint density at radius 2 is 0.549 bits per heavy atom. The molecule has 0 saturated heterocycles. The molecule has 0 N–H and O–H groups in total. The molecule has 570 valence electrons. The fourth-order valence-corrected chi connectivity index (χ4v) is 33.0. The molecular formula is C110H70N8S2Si2. The van der Waals surface area contributed by atoms with Crippen LogP contribution in [0.4, 0.5) is 0 Å². The van der Waals surface area contributed by atoms with Gasteiger partial charge in [0.1, 0.15) is 11.0 Å². The molecule has 0 saturated carbocycles. The highest BCUT2D eigenvalue weighted by atomic mass is 32.1. The van der Waals surface area contributed by atoms with E-state index in [1.807, 2.05) is 22.7 Å². The van der Waals surface area contributed by atoms with Crippen LogP contribution in [0.15, 0.2) is 425 Å². The van der Waals surface area contributed by atoms with Crippen molar-refractivity contribution in [2.75, 3.05) is 0 Å². The number of para-hydroxylation sites is 5. The molecule has 0 amide bonds. The Bertz CT molecular complexity index is 8700. The number of rotatable bonds is 13. The van der Waals surface area contributed by atoms with Gasteiger partial charge < -0.3 is 9.13 Å². The first-order valence-corrected chi connectivity index (χ1v) is 47.3. The summed E-state index contributed by atoms with van der Waals surface area (Å²) in [5, 5.41) is 20.1. The molecule has 0 fully saturated rings. The van der Waals surface area contributed by atoms with Gasteiger partial charge in [-0.25, -0.2) is 9.97 Å². The lowest BCUT2D eigenvalue weighted by Gasteiger charge is -2.35. The molecule has 0 aliphatic rings. The van der Waals surface area contributed by atoms with E-state index in [0.29, 0.717) is 0 Å². The Morgan fingerprint density at radius 1 is 0.205 bits per heavy atom. The van der Waals surface area contributed by atoms with Gasteiger partial charge in [-0.1, -0.05) is 315 Å². The van der Waals surface area contributed by atoms with Crippen LogP contribution >= 0.6 is 22.7 Å². The van der Waals surface area contributed by atoms with Crippen LogP contribution in [-0.4, -0.2) is 53.2 Å². The molecule has 122 heavy (non-hydrogen) atoms. The van der Waals surface area contributed by atoms with Gasteiger partial charge in [-0.15, -0.1) is 22.7 Å². The number of hydrogen-bond acceptors (Lipinski definition) is 4. The minimum Gasteiger partial charge on any atom is -0.306 e. The fourth-order valence-electron chi connectivity index (χ4n) is 21.0. The van der Waals surface area contributed by atoms with Crippen molar-refractivity contribution in [2.24, 2.45) is 0 Å². The van der Waals surface area contributed by atoms with Gasteiger partial charge in [-0.2, -0.15) is 0 Å². The van der Waals surface area contributed by atoms with Crippen LogP contribution in [0, 0.1) is 0 Å². The zero-order valence-corrected chi connectivity index (χ0v) is 69.4. The van der Waals surface area contributed by atoms with Crippen molar-refractivity contribution in [1.82, 2.24) is 37.0 Å². The Balaban J connectivity index is 0.692. The van der Waals surface area contributed by atoms with E-state index in [1.165, 1.54) is 98.0 Å². The molecule has 18 aromatic carbocycles. The quantitative estimate of drug-likeness (QED) is 0.0853. The van der Waals surface area contributed by atoms with Crippen LogP contribution in [0.3, 0.4) is 0 Å². The first-order chi connectivity index (χ1) is 60.5. The largest absolute Gasteiger partial charge is 0.306 e. The van der Waals surface area contributed by atoms with E-state index in [4.69, 9.17) is 9.97 Å². The van der Waals surface area contributed by atoms with Crippen molar-refractivity contribution in [3.63, 3.8) is 0 Å². The van der Waals surface area contributed by atoms with Crippen molar-refractivity contribution < 1.29 is 0 Å². The van der Waals surface area contributed by atoms with Gasteiger partial charge in [0.2, 0.25) is 11.6 Å². The number of nitrogens with zero attached hydrogens (tertiary/aromatic N) is 8. The summed E-state index contributed by atoms with van der Waals surface area (Å²) in [5.74, 6) is 1.73. The molecule has 0 spiro atoms. The third kappa shape index (κ3) is 9.76. The number of fused-ring (bicyclic) bond motifs is 24. The van der Waals surface area contributed by atoms with Crippen molar-refractivity contribution in [3.05, 3.63) is 425 Å². The zero-order chi connectivity index (χ0) is 79.9. The van der Waals surface area contributed by atoms with Crippen LogP contribution in [0.1, 0.15) is 0 Å². The summed E-state index contributed by atoms with van der Waals surface area (Å²) >= 11 is 3.74. The molecule has 8 heterocycles. The van der Waals surface area contributed by atoms with Gasteiger partial charge in [0.05, 0.1) is 75.9 Å². The lowest BCUT2D eigenvalue weighted by Crippen LogP contribution is -2.74. The van der Waals surface area contributed by atoms with Gasteiger partial charge in [0.25, 0.3) is 0 Å². The average molecular weight is 1620 g/mol. The first kappa shape index (κ1) is 69.0. The lowest BCUT2D eigenvalue weighted by atomic mass is 10.1. The minimum atomic E-state index is -3.35. The number of imidazole rings is 4. The van der Waals surface area contributed by atoms with Crippen molar-refractivity contribution in [2.45, 2.75) is 0 Å². The second-order valence-electron chi connectivity index (χ2n) is 32.2. The zero-order valence-electron chi connectivity index (χ0n) is 65.8. The smallest absolute Gasteiger partial charge is 0.220 e. The molecule has 26 aromatic rings. The second-order valence-corrected chi connectivity index (χ2v) is 42.0. The first-order valence-electron chi connectivity index (χ1n) is 41.7. The summed E-state index contributed by atoms with van der Waals surface area (Å²) in [7, 11) is -6.69. The standard InChI is InChI=1S/C110H70N8S2Si2/c1-7-33-73(34-8-1)113-93-53-23-24-54-94(93)117-96-66-62-87-90-69-81(59-63-92(90)116(106(87)103(96)111-109(113)117)99-56-30-51-89-85-49-21-26-58-102(85)120-108(89)99)121(75-37-11-3-12-38-75,76-39-13-4-14-40-76)79-45-27-31-71(67-79)72-32-28-46-80(68-72)122(77-41-15-5-16-42-77,78-43-17-6-18-44-78)82-60-64-95-100(70-82)118-97-65-61-86-83-47-19-22-52-91(83)115(98-55-29-50-88-84-48-20-25-57-101(84)119-107(88)98)105(86)104(97)112-110(118)114(95)74-35-9-2-10-36-74/h1-70H. The lowest BCUT2D eigenvalue weighted by molar-refractivity contribution is 1.11. The van der Waals surface area contributed by atoms with Crippen LogP contribution < -0.4 is 41.5 Å². The van der Waals surface area contributed by atoms with Crippen LogP contribution in [0.5, 0.6) is 0 Å². The number of hydrogen-bond donors (Lipinski definition) is 0. The summed E-state index contributed by atoms with van der Waals surface area (Å²) in [5.41, 5.74) is 19.5. The Hall–Kier alpha value is -15.0. The Kier molecular flexibility index (Phi) is 15.1. The molecule has 12 heteroatoms. The SMILES string of the molecule is c1ccc(-n2c3ccccc3n3c4ccc5c6cc([Si](c7ccccc7)(c7ccccc7)c7cccc(-c8cccc([Si](c9ccccc9)(c9ccccc9)c9ccc%10c(c9)n9c%11ccc%12c%13ccccc%13n(-c%13cccc%14c%13sc%13ccccc%13%14)c%12c%11nc9n%10-c9ccccc9)c8)c7)ccc6n(-c6cccc7c6sc6ccccc67)c5c4nc23)cc1. The van der Waals surface area contributed by atoms with E-state index < -0.39 is 16.1 Å². The molecule has 0 bridgehead atoms. The van der Waals surface area contributed by atoms with E-state index in [1.54, 1.807) is 0 Å². The van der Waals surface area contributed by atoms with Gasteiger partial charge in [-0.3, -0.25) is 17.9 Å². The van der Waals surface area contributed by atoms with Crippen LogP contribution in [0.2, 0.25) is 0 Å². The topological polar surface area (TPSA) is 54.3 Å². The minimum absolute atomic E-state index is 0.857. The van der Waals surface area contributed by atoms with E-state index in [-0.39, 0.29) is 0 Å². The third-order valence-corrected chi connectivity index (χ3v) is 38.0. The molecule has 0 unspecified atom stereocenters. The maximum absolute atomic E-state index is 5.96. The number of aromatic nitrogens is 8. The van der Waals surface area contributed by atoms with E-state index in [9.17, 15) is 0 Å². The molecule has 0 radical (unpaired) electrons. The third-order valence-electron chi connectivity index (χ3n) is 26.1. The molecule has 0 atom stereocenters. The van der Waals surface area contributed by atoms with Crippen LogP contribution in [-0.2, 0) is 0 Å². The van der Waals surface area contributed by atoms with E-state index in [2.05, 4.69) is 452 Å². The fraction of sp³-hybridized carbons (Fsp3) is 0. The number of thiophene rings is 2. The van der Waals surface area contributed by atoms with E-state index >= 15 is 0 Å².